The molecule has 3 rings (SSSR count). The van der Waals surface area contributed by atoms with Gasteiger partial charge in [-0.1, -0.05) is 24.3 Å². The van der Waals surface area contributed by atoms with Crippen LogP contribution in [0.5, 0.6) is 5.75 Å². The van der Waals surface area contributed by atoms with Crippen LogP contribution in [-0.4, -0.2) is 11.2 Å². The van der Waals surface area contributed by atoms with E-state index in [4.69, 9.17) is 10.5 Å². The molecule has 0 heterocycles. The van der Waals surface area contributed by atoms with Crippen LogP contribution in [0, 0.1) is 0 Å². The van der Waals surface area contributed by atoms with Gasteiger partial charge in [0.2, 0.25) is 0 Å². The second-order valence-corrected chi connectivity index (χ2v) is 7.76. The van der Waals surface area contributed by atoms with Crippen molar-refractivity contribution in [3.8, 4) is 16.9 Å². The van der Waals surface area contributed by atoms with Crippen LogP contribution in [0.25, 0.3) is 11.1 Å². The standard InChI is InChI=1S/C24H28N2O2/c1-16(2)28-21-11-9-20(10-12-21)26-23-15-18(8-13-22(23)25)17-6-5-7-19(14-17)24(3,4)27/h5-16,26-27H,25H2,1-4H3. The molecule has 28 heavy (non-hydrogen) atoms. The molecule has 0 radical (unpaired) electrons. The maximum Gasteiger partial charge on any atom is 0.119 e. The van der Waals surface area contributed by atoms with Gasteiger partial charge in [0.05, 0.1) is 23.1 Å². The second kappa shape index (κ2) is 7.95. The molecule has 4 heteroatoms. The lowest BCUT2D eigenvalue weighted by Gasteiger charge is -2.19. The lowest BCUT2D eigenvalue weighted by atomic mass is 9.94. The molecule has 0 amide bonds. The van der Waals surface area contributed by atoms with Crippen molar-refractivity contribution in [3.05, 3.63) is 72.3 Å². The van der Waals surface area contributed by atoms with Gasteiger partial charge in [-0.2, -0.15) is 0 Å². The van der Waals surface area contributed by atoms with E-state index in [1.165, 1.54) is 0 Å². The van der Waals surface area contributed by atoms with E-state index in [-0.39, 0.29) is 6.10 Å². The summed E-state index contributed by atoms with van der Waals surface area (Å²) in [6.07, 6.45) is 0.144. The third-order valence-corrected chi connectivity index (χ3v) is 4.46. The first kappa shape index (κ1) is 19.8. The molecular weight excluding hydrogens is 348 g/mol. The fraction of sp³-hybridized carbons (Fsp3) is 0.250. The summed E-state index contributed by atoms with van der Waals surface area (Å²) in [4.78, 5) is 0. The molecular formula is C24H28N2O2. The molecule has 4 nitrogen and oxygen atoms in total. The zero-order chi connectivity index (χ0) is 20.3. The van der Waals surface area contributed by atoms with Crippen LogP contribution in [0.3, 0.4) is 0 Å². The minimum Gasteiger partial charge on any atom is -0.491 e. The van der Waals surface area contributed by atoms with E-state index in [1.54, 1.807) is 13.8 Å². The van der Waals surface area contributed by atoms with Gasteiger partial charge >= 0.3 is 0 Å². The highest BCUT2D eigenvalue weighted by Gasteiger charge is 2.16. The zero-order valence-electron chi connectivity index (χ0n) is 16.9. The van der Waals surface area contributed by atoms with Crippen LogP contribution in [0.15, 0.2) is 66.7 Å². The number of nitrogens with two attached hydrogens (primary N) is 1. The normalized spacial score (nSPS) is 11.5. The molecule has 0 aromatic heterocycles. The first-order valence-corrected chi connectivity index (χ1v) is 9.49. The van der Waals surface area contributed by atoms with E-state index in [0.29, 0.717) is 5.69 Å². The quantitative estimate of drug-likeness (QED) is 0.483. The number of rotatable bonds is 6. The fourth-order valence-corrected chi connectivity index (χ4v) is 2.97. The van der Waals surface area contributed by atoms with Gasteiger partial charge in [0.15, 0.2) is 0 Å². The van der Waals surface area contributed by atoms with E-state index in [0.717, 1.165) is 33.8 Å². The SMILES string of the molecule is CC(C)Oc1ccc(Nc2cc(-c3cccc(C(C)(C)O)c3)ccc2N)cc1. The summed E-state index contributed by atoms with van der Waals surface area (Å²) in [6.45, 7) is 7.58. The largest absolute Gasteiger partial charge is 0.491 e. The third-order valence-electron chi connectivity index (χ3n) is 4.46. The highest BCUT2D eigenvalue weighted by molar-refractivity contribution is 5.79. The smallest absolute Gasteiger partial charge is 0.119 e. The van der Waals surface area contributed by atoms with Gasteiger partial charge in [0.25, 0.3) is 0 Å². The Morgan fingerprint density at radius 1 is 0.929 bits per heavy atom. The number of benzene rings is 3. The van der Waals surface area contributed by atoms with Crippen molar-refractivity contribution in [2.24, 2.45) is 0 Å². The molecule has 3 aromatic carbocycles. The Morgan fingerprint density at radius 2 is 1.61 bits per heavy atom. The van der Waals surface area contributed by atoms with Crippen LogP contribution in [0.4, 0.5) is 17.1 Å². The molecule has 0 aliphatic heterocycles. The van der Waals surface area contributed by atoms with Crippen molar-refractivity contribution in [3.63, 3.8) is 0 Å². The number of ether oxygens (including phenoxy) is 1. The Bertz CT molecular complexity index is 942. The lowest BCUT2D eigenvalue weighted by molar-refractivity contribution is 0.0786. The minimum absolute atomic E-state index is 0.144. The van der Waals surface area contributed by atoms with Gasteiger partial charge in [-0.15, -0.1) is 0 Å². The van der Waals surface area contributed by atoms with Crippen molar-refractivity contribution >= 4 is 17.1 Å². The Labute approximate surface area is 167 Å². The zero-order valence-corrected chi connectivity index (χ0v) is 16.9. The predicted molar refractivity (Wildman–Crippen MR) is 117 cm³/mol. The molecule has 0 fully saturated rings. The van der Waals surface area contributed by atoms with Crippen molar-refractivity contribution in [1.29, 1.82) is 0 Å². The average Bonchev–Trinajstić information content (AvgIpc) is 2.64. The Balaban J connectivity index is 1.86. The number of nitrogen functional groups attached to an aromatic ring is 1. The second-order valence-electron chi connectivity index (χ2n) is 7.76. The van der Waals surface area contributed by atoms with Gasteiger partial charge in [-0.3, -0.25) is 0 Å². The minimum atomic E-state index is -0.884. The molecule has 0 aliphatic rings. The first-order valence-electron chi connectivity index (χ1n) is 9.49. The van der Waals surface area contributed by atoms with Crippen molar-refractivity contribution in [2.45, 2.75) is 39.4 Å². The number of nitrogens with one attached hydrogen (secondary N) is 1. The molecule has 3 aromatic rings. The molecule has 0 unspecified atom stereocenters. The van der Waals surface area contributed by atoms with Crippen LogP contribution in [0.2, 0.25) is 0 Å². The Kier molecular flexibility index (Phi) is 5.61. The van der Waals surface area contributed by atoms with Crippen molar-refractivity contribution < 1.29 is 9.84 Å². The molecule has 0 bridgehead atoms. The molecule has 0 spiro atoms. The summed E-state index contributed by atoms with van der Waals surface area (Å²) in [5, 5.41) is 13.7. The van der Waals surface area contributed by atoms with E-state index in [9.17, 15) is 5.11 Å². The van der Waals surface area contributed by atoms with Gasteiger partial charge in [0, 0.05) is 5.69 Å². The Hall–Kier alpha value is -2.98. The topological polar surface area (TPSA) is 67.5 Å². The lowest BCUT2D eigenvalue weighted by Crippen LogP contribution is -2.15. The van der Waals surface area contributed by atoms with Crippen molar-refractivity contribution in [2.75, 3.05) is 11.1 Å². The van der Waals surface area contributed by atoms with E-state index >= 15 is 0 Å². The summed E-state index contributed by atoms with van der Waals surface area (Å²) in [7, 11) is 0. The van der Waals surface area contributed by atoms with Crippen LogP contribution < -0.4 is 15.8 Å². The molecule has 0 saturated heterocycles. The highest BCUT2D eigenvalue weighted by atomic mass is 16.5. The van der Waals surface area contributed by atoms with Crippen molar-refractivity contribution in [1.82, 2.24) is 0 Å². The maximum atomic E-state index is 10.3. The van der Waals surface area contributed by atoms with Gasteiger partial charge in [0.1, 0.15) is 5.75 Å². The molecule has 4 N–H and O–H groups in total. The molecule has 0 aliphatic carbocycles. The van der Waals surface area contributed by atoms with E-state index in [1.807, 2.05) is 80.6 Å². The number of hydrogen-bond acceptors (Lipinski definition) is 4. The molecule has 146 valence electrons. The fourth-order valence-electron chi connectivity index (χ4n) is 2.97. The predicted octanol–water partition coefficient (Wildman–Crippen LogP) is 5.69. The average molecular weight is 377 g/mol. The third kappa shape index (κ3) is 4.84. The summed E-state index contributed by atoms with van der Waals surface area (Å²) in [6, 6.07) is 21.7. The monoisotopic (exact) mass is 376 g/mol. The number of hydrogen-bond donors (Lipinski definition) is 3. The van der Waals surface area contributed by atoms with Gasteiger partial charge in [-0.05, 0) is 86.8 Å². The summed E-state index contributed by atoms with van der Waals surface area (Å²) in [5.74, 6) is 0.839. The van der Waals surface area contributed by atoms with Gasteiger partial charge < -0.3 is 20.9 Å². The molecule has 0 atom stereocenters. The number of anilines is 3. The Morgan fingerprint density at radius 3 is 2.25 bits per heavy atom. The van der Waals surface area contributed by atoms with E-state index in [2.05, 4.69) is 5.32 Å². The van der Waals surface area contributed by atoms with E-state index < -0.39 is 5.60 Å². The molecule has 0 saturated carbocycles. The summed E-state index contributed by atoms with van der Waals surface area (Å²) < 4.78 is 5.69. The number of aliphatic hydroxyl groups is 1. The maximum absolute atomic E-state index is 10.3. The summed E-state index contributed by atoms with van der Waals surface area (Å²) in [5.41, 5.74) is 10.7. The van der Waals surface area contributed by atoms with Crippen LogP contribution in [-0.2, 0) is 5.60 Å². The van der Waals surface area contributed by atoms with Crippen LogP contribution >= 0.6 is 0 Å². The highest BCUT2D eigenvalue weighted by Crippen LogP contribution is 2.32. The van der Waals surface area contributed by atoms with Gasteiger partial charge in [-0.25, -0.2) is 0 Å². The van der Waals surface area contributed by atoms with Crippen LogP contribution in [0.1, 0.15) is 33.3 Å². The first-order chi connectivity index (χ1) is 13.2. The summed E-state index contributed by atoms with van der Waals surface area (Å²) >= 11 is 0.